The van der Waals surface area contributed by atoms with Crippen LogP contribution in [-0.4, -0.2) is 56.9 Å². The van der Waals surface area contributed by atoms with E-state index < -0.39 is 23.0 Å². The van der Waals surface area contributed by atoms with Gasteiger partial charge in [-0.15, -0.1) is 0 Å². The van der Waals surface area contributed by atoms with E-state index in [2.05, 4.69) is 6.07 Å². The normalized spacial score (nSPS) is 17.5. The molecule has 2 saturated heterocycles. The summed E-state index contributed by atoms with van der Waals surface area (Å²) in [6, 6.07) is 26.6. The number of carboxylic acid groups (broad SMARTS) is 1. The number of nitriles is 1. The smallest absolute Gasteiger partial charge is 0.326 e. The Labute approximate surface area is 296 Å². The molecule has 1 N–H and O–H groups in total. The van der Waals surface area contributed by atoms with Crippen molar-refractivity contribution < 1.29 is 29.1 Å². The molecule has 2 atom stereocenters. The number of aliphatic carboxylic acids is 1. The van der Waals surface area contributed by atoms with E-state index in [1.54, 1.807) is 24.3 Å². The zero-order chi connectivity index (χ0) is 35.9. The maximum absolute atomic E-state index is 13.8. The Morgan fingerprint density at radius 1 is 0.882 bits per heavy atom. The number of carbonyl (C=O) groups excluding carboxylic acids is 1. The van der Waals surface area contributed by atoms with E-state index in [1.807, 2.05) is 66.4 Å². The minimum Gasteiger partial charge on any atom is -0.488 e. The molecule has 2 heterocycles. The summed E-state index contributed by atoms with van der Waals surface area (Å²) in [5.41, 5.74) is 5.47. The molecule has 0 aromatic heterocycles. The first-order valence-electron chi connectivity index (χ1n) is 17.2. The second kappa shape index (κ2) is 15.9. The Kier molecular flexibility index (Phi) is 10.9. The number of rotatable bonds is 12. The van der Waals surface area contributed by atoms with Crippen LogP contribution >= 0.6 is 0 Å². The van der Waals surface area contributed by atoms with Crippen molar-refractivity contribution >= 4 is 17.6 Å². The second-order valence-corrected chi connectivity index (χ2v) is 13.0. The summed E-state index contributed by atoms with van der Waals surface area (Å²) in [6.45, 7) is 3.30. The molecule has 4 aromatic rings. The molecule has 0 bridgehead atoms. The third-order valence-electron chi connectivity index (χ3n) is 9.80. The van der Waals surface area contributed by atoms with Crippen LogP contribution in [0.5, 0.6) is 11.5 Å². The number of amides is 1. The number of carbonyl (C=O) groups is 2. The van der Waals surface area contributed by atoms with Crippen molar-refractivity contribution in [1.29, 1.82) is 5.26 Å². The van der Waals surface area contributed by atoms with E-state index in [-0.39, 0.29) is 37.1 Å². The number of nitro benzene ring substituents is 1. The zero-order valence-corrected chi connectivity index (χ0v) is 28.5. The van der Waals surface area contributed by atoms with E-state index in [1.165, 1.54) is 11.0 Å². The van der Waals surface area contributed by atoms with Gasteiger partial charge in [-0.3, -0.25) is 19.8 Å². The fraction of sp³-hybridized carbons (Fsp3) is 0.325. The number of nitro groups is 1. The molecule has 0 unspecified atom stereocenters. The van der Waals surface area contributed by atoms with Gasteiger partial charge in [0.2, 0.25) is 11.7 Å². The van der Waals surface area contributed by atoms with Gasteiger partial charge in [-0.05, 0) is 79.1 Å². The van der Waals surface area contributed by atoms with Crippen molar-refractivity contribution in [3.05, 3.63) is 123 Å². The molecule has 51 heavy (non-hydrogen) atoms. The number of benzene rings is 4. The first-order valence-corrected chi connectivity index (χ1v) is 17.2. The van der Waals surface area contributed by atoms with Crippen molar-refractivity contribution in [1.82, 2.24) is 9.80 Å². The maximum Gasteiger partial charge on any atom is 0.326 e. The molecule has 2 aliphatic heterocycles. The van der Waals surface area contributed by atoms with E-state index in [4.69, 9.17) is 9.47 Å². The summed E-state index contributed by atoms with van der Waals surface area (Å²) < 4.78 is 12.5. The van der Waals surface area contributed by atoms with Gasteiger partial charge in [0, 0.05) is 30.8 Å². The predicted octanol–water partition coefficient (Wildman–Crippen LogP) is 7.03. The van der Waals surface area contributed by atoms with Crippen LogP contribution in [0.3, 0.4) is 0 Å². The molecule has 2 aliphatic rings. The average Bonchev–Trinajstić information content (AvgIpc) is 3.65. The van der Waals surface area contributed by atoms with Gasteiger partial charge in [0.1, 0.15) is 25.0 Å². The lowest BCUT2D eigenvalue weighted by atomic mass is 9.97. The first kappa shape index (κ1) is 35.1. The largest absolute Gasteiger partial charge is 0.488 e. The van der Waals surface area contributed by atoms with Crippen LogP contribution in [0.4, 0.5) is 5.69 Å². The van der Waals surface area contributed by atoms with Crippen LogP contribution in [0.15, 0.2) is 84.9 Å². The third-order valence-corrected chi connectivity index (χ3v) is 9.80. The lowest BCUT2D eigenvalue weighted by Crippen LogP contribution is -2.53. The van der Waals surface area contributed by atoms with Gasteiger partial charge in [0.05, 0.1) is 22.6 Å². The van der Waals surface area contributed by atoms with Crippen LogP contribution in [0.2, 0.25) is 0 Å². The van der Waals surface area contributed by atoms with Crippen LogP contribution in [-0.2, 0) is 29.3 Å². The van der Waals surface area contributed by atoms with Gasteiger partial charge in [-0.1, -0.05) is 67.1 Å². The number of hydrogen-bond acceptors (Lipinski definition) is 8. The lowest BCUT2D eigenvalue weighted by Gasteiger charge is -2.38. The van der Waals surface area contributed by atoms with Gasteiger partial charge in [0.25, 0.3) is 0 Å². The molecule has 11 heteroatoms. The van der Waals surface area contributed by atoms with E-state index in [0.29, 0.717) is 49.2 Å². The molecular formula is C40H40N4O7. The minimum atomic E-state index is -1.01. The van der Waals surface area contributed by atoms with E-state index in [0.717, 1.165) is 40.7 Å². The van der Waals surface area contributed by atoms with Crippen molar-refractivity contribution in [2.75, 3.05) is 13.1 Å². The molecule has 0 spiro atoms. The third kappa shape index (κ3) is 8.03. The van der Waals surface area contributed by atoms with Crippen LogP contribution < -0.4 is 9.47 Å². The zero-order valence-electron chi connectivity index (χ0n) is 28.5. The fourth-order valence-corrected chi connectivity index (χ4v) is 7.08. The first-order chi connectivity index (χ1) is 24.7. The number of nitrogens with zero attached hydrogens (tertiary/aromatic N) is 4. The summed E-state index contributed by atoms with van der Waals surface area (Å²) in [7, 11) is 0. The van der Waals surface area contributed by atoms with Crippen molar-refractivity contribution in [2.24, 2.45) is 0 Å². The van der Waals surface area contributed by atoms with E-state index >= 15 is 0 Å². The molecule has 11 nitrogen and oxygen atoms in total. The highest BCUT2D eigenvalue weighted by atomic mass is 16.6. The average molecular weight is 689 g/mol. The standard InChI is InChI=1S/C40H40N4O7/c1-27-31(14-8-15-33(27)30-12-3-2-4-13-30)26-51-38-22-37(50-25-29-11-7-10-28(20-29)23-41)32(21-36(38)44(48)49)24-42-18-6-5-16-34(42)39(45)43-19-9-17-35(43)40(46)47/h2-4,7-8,10-15,20-22,34-35H,5-6,9,16-19,24-26H2,1H3,(H,46,47)/t34-,35-/m0/s1. The van der Waals surface area contributed by atoms with Gasteiger partial charge >= 0.3 is 11.7 Å². The Balaban J connectivity index is 1.32. The van der Waals surface area contributed by atoms with Crippen molar-refractivity contribution in [3.8, 4) is 28.7 Å². The van der Waals surface area contributed by atoms with Crippen LogP contribution in [0.1, 0.15) is 59.9 Å². The highest BCUT2D eigenvalue weighted by Gasteiger charge is 2.40. The summed E-state index contributed by atoms with van der Waals surface area (Å²) in [5.74, 6) is -0.832. The fourth-order valence-electron chi connectivity index (χ4n) is 7.08. The second-order valence-electron chi connectivity index (χ2n) is 13.0. The molecule has 0 saturated carbocycles. The highest BCUT2D eigenvalue weighted by molar-refractivity contribution is 5.87. The molecule has 2 fully saturated rings. The van der Waals surface area contributed by atoms with Crippen LogP contribution in [0.25, 0.3) is 11.1 Å². The SMILES string of the molecule is Cc1c(COc2cc(OCc3cccc(C#N)c3)c(CN3CCCC[C@H]3C(=O)N3CCC[C@H]3C(=O)O)cc2[N+](=O)[O-])cccc1-c1ccccc1. The molecule has 4 aromatic carbocycles. The molecule has 0 aliphatic carbocycles. The monoisotopic (exact) mass is 688 g/mol. The minimum absolute atomic E-state index is 0.0432. The molecular weight excluding hydrogens is 648 g/mol. The van der Waals surface area contributed by atoms with Crippen molar-refractivity contribution in [2.45, 2.75) is 70.9 Å². The van der Waals surface area contributed by atoms with Gasteiger partial charge < -0.3 is 19.5 Å². The number of piperidine rings is 1. The lowest BCUT2D eigenvalue weighted by molar-refractivity contribution is -0.386. The Morgan fingerprint density at radius 3 is 2.41 bits per heavy atom. The van der Waals surface area contributed by atoms with Gasteiger partial charge in [0.15, 0.2) is 0 Å². The van der Waals surface area contributed by atoms with Crippen molar-refractivity contribution in [3.63, 3.8) is 0 Å². The molecule has 262 valence electrons. The van der Waals surface area contributed by atoms with E-state index in [9.17, 15) is 30.1 Å². The maximum atomic E-state index is 13.8. The number of likely N-dealkylation sites (tertiary alicyclic amines) is 2. The summed E-state index contributed by atoms with van der Waals surface area (Å²) in [6.07, 6.45) is 3.25. The number of ether oxygens (including phenoxy) is 2. The number of carboxylic acids is 1. The quantitative estimate of drug-likeness (QED) is 0.122. The molecule has 1 amide bonds. The summed E-state index contributed by atoms with van der Waals surface area (Å²) >= 11 is 0. The highest BCUT2D eigenvalue weighted by Crippen LogP contribution is 2.38. The number of hydrogen-bond donors (Lipinski definition) is 1. The Hall–Kier alpha value is -5.73. The molecule has 6 rings (SSSR count). The predicted molar refractivity (Wildman–Crippen MR) is 190 cm³/mol. The topological polar surface area (TPSA) is 146 Å². The Morgan fingerprint density at radius 2 is 1.65 bits per heavy atom. The Bertz CT molecular complexity index is 1960. The van der Waals surface area contributed by atoms with Crippen LogP contribution in [0, 0.1) is 28.4 Å². The molecule has 0 radical (unpaired) electrons. The van der Waals surface area contributed by atoms with Gasteiger partial charge in [-0.2, -0.15) is 5.26 Å². The summed E-state index contributed by atoms with van der Waals surface area (Å²) in [4.78, 5) is 41.2. The summed E-state index contributed by atoms with van der Waals surface area (Å²) in [5, 5.41) is 31.7. The van der Waals surface area contributed by atoms with Gasteiger partial charge in [-0.25, -0.2) is 4.79 Å².